The summed E-state index contributed by atoms with van der Waals surface area (Å²) < 4.78 is 0. The summed E-state index contributed by atoms with van der Waals surface area (Å²) in [5, 5.41) is 189. The highest BCUT2D eigenvalue weighted by Crippen LogP contribution is 2.42. The van der Waals surface area contributed by atoms with E-state index in [1.807, 2.05) is 48.8 Å². The van der Waals surface area contributed by atoms with Crippen molar-refractivity contribution in [1.82, 2.24) is 20.6 Å². The van der Waals surface area contributed by atoms with Gasteiger partial charge in [-0.15, -0.1) is 0 Å². The molecule has 2 saturated heterocycles. The predicted molar refractivity (Wildman–Crippen MR) is 361 cm³/mol. The molecule has 0 amide bonds. The molecule has 0 saturated carbocycles. The molecule has 0 aliphatic carbocycles. The Morgan fingerprint density at radius 3 is 0.661 bits per heavy atom. The summed E-state index contributed by atoms with van der Waals surface area (Å²) in [7, 11) is 0. The van der Waals surface area contributed by atoms with Gasteiger partial charge in [0.05, 0.1) is 81.1 Å². The second kappa shape index (κ2) is 39.3. The molecule has 0 atom stereocenters. The monoisotopic (exact) mass is 1610 g/mol. The number of aromatic carboxylic acids is 6. The smallest absolute Gasteiger partial charge is 0.349 e. The zero-order valence-corrected chi connectivity index (χ0v) is 55.9. The van der Waals surface area contributed by atoms with Crippen molar-refractivity contribution in [1.29, 1.82) is 0 Å². The van der Waals surface area contributed by atoms with E-state index in [9.17, 15) is 151 Å². The van der Waals surface area contributed by atoms with Crippen molar-refractivity contribution in [3.63, 3.8) is 0 Å². The highest BCUT2D eigenvalue weighted by Gasteiger charge is 2.51. The Bertz CT molecular complexity index is 4520. The average molecular weight is 1610 g/mol. The topological polar surface area (TPSA) is 809 Å². The van der Waals surface area contributed by atoms with Gasteiger partial charge in [0, 0.05) is 107 Å². The molecule has 112 heavy (non-hydrogen) atoms. The number of carbonyl (C=O) groups is 6. The molecule has 6 aromatic carbocycles. The molecule has 8 N–H and O–H groups in total. The second-order valence-electron chi connectivity index (χ2n) is 19.8. The first-order chi connectivity index (χ1) is 52.5. The van der Waals surface area contributed by atoms with Crippen molar-refractivity contribution in [2.24, 2.45) is 0 Å². The third kappa shape index (κ3) is 24.0. The number of thiocarbonyl (C=S) groups is 2. The molecule has 582 valence electrons. The first-order valence-electron chi connectivity index (χ1n) is 28.5. The Morgan fingerprint density at radius 1 is 0.321 bits per heavy atom. The highest BCUT2D eigenvalue weighted by molar-refractivity contribution is 7.89. The van der Waals surface area contributed by atoms with Crippen LogP contribution in [0, 0.1) is 112 Å². The number of nitro groups is 10. The first kappa shape index (κ1) is 88.3. The van der Waals surface area contributed by atoms with Gasteiger partial charge in [-0.3, -0.25) is 101 Å². The maximum atomic E-state index is 11.3. The van der Waals surface area contributed by atoms with E-state index in [1.54, 1.807) is 0 Å². The molecule has 4 heterocycles. The molecular formula is C56H38N16O38S2. The Balaban J connectivity index is 0.000000276. The fourth-order valence-corrected chi connectivity index (χ4v) is 8.54. The molecular weight excluding hydrogens is 1570 g/mol. The van der Waals surface area contributed by atoms with Crippen LogP contribution < -0.4 is 40.8 Å². The number of carbonyl (C=O) groups excluding carboxylic acids is 2. The van der Waals surface area contributed by atoms with Crippen LogP contribution in [0.25, 0.3) is 0 Å². The number of carboxylic acids is 6. The van der Waals surface area contributed by atoms with Gasteiger partial charge in [0.25, 0.3) is 56.9 Å². The lowest BCUT2D eigenvalue weighted by Crippen LogP contribution is -2.38. The normalized spacial score (nSPS) is 11.7. The minimum Gasteiger partial charge on any atom is -0.553 e. The van der Waals surface area contributed by atoms with Crippen LogP contribution in [0.15, 0.2) is 158 Å². The molecule has 10 rings (SSSR count). The summed E-state index contributed by atoms with van der Waals surface area (Å²) in [5.74, 6) is -10.5. The largest absolute Gasteiger partial charge is 0.553 e. The Hall–Kier alpha value is -16.1. The Morgan fingerprint density at radius 2 is 0.509 bits per heavy atom. The van der Waals surface area contributed by atoms with E-state index in [1.165, 1.54) is 0 Å². The van der Waals surface area contributed by atoms with Crippen molar-refractivity contribution in [2.45, 2.75) is 13.1 Å². The Kier molecular flexibility index (Phi) is 31.0. The number of hydrogen-bond acceptors (Lipinski definition) is 36. The lowest BCUT2D eigenvalue weighted by molar-refractivity contribution is -0.395. The third-order valence-electron chi connectivity index (χ3n) is 13.0. The fourth-order valence-electron chi connectivity index (χ4n) is 8.26. The summed E-state index contributed by atoms with van der Waals surface area (Å²) in [6.07, 6.45) is 3.75. The number of nitrogens with zero attached hydrogens (tertiary/aromatic N) is 12. The van der Waals surface area contributed by atoms with Crippen LogP contribution in [0.1, 0.15) is 73.5 Å². The first-order valence-corrected chi connectivity index (χ1v) is 29.3. The summed E-state index contributed by atoms with van der Waals surface area (Å²) >= 11 is 10.5. The SMILES string of the molecule is O=C(O)c1c([N+](=O)[O-])cccc1[N+](=O)[O-].O=C(O)c1c([N+](=O)[O-])cccc1[N+](=O)[O-].O=C(O)c1c([N+](=O)[O-])cccc1[N+](=O)[O-].O=C(O)c1c([N+](=O)[O-])cccc1[N+](=O)[O-].O=C([O-])c1c([N+](=O)[O-])cccc1[N+]1([O-])OO1.O=C([O-])c1c([N+](=O)[O-])cccc1[N+]1([O-])OO1.S=C(NCc1cccc[nH+]1)C(=S)NCc1cccc[nH+]1. The summed E-state index contributed by atoms with van der Waals surface area (Å²) in [6.45, 7) is 1.25. The van der Waals surface area contributed by atoms with Crippen LogP contribution in [0.2, 0.25) is 0 Å². The van der Waals surface area contributed by atoms with Gasteiger partial charge in [0.15, 0.2) is 23.8 Å². The van der Waals surface area contributed by atoms with Crippen LogP contribution in [0.5, 0.6) is 0 Å². The molecule has 2 fully saturated rings. The van der Waals surface area contributed by atoms with Gasteiger partial charge in [-0.1, -0.05) is 36.6 Å². The highest BCUT2D eigenvalue weighted by atomic mass is 32.1. The van der Waals surface area contributed by atoms with E-state index >= 15 is 0 Å². The second-order valence-corrected chi connectivity index (χ2v) is 20.6. The van der Waals surface area contributed by atoms with Crippen molar-refractivity contribution < 1.29 is 139 Å². The summed E-state index contributed by atoms with van der Waals surface area (Å²) in [5.41, 5.74) is -12.2. The van der Waals surface area contributed by atoms with Gasteiger partial charge in [-0.25, -0.2) is 29.1 Å². The number of carboxylic acid groups (broad SMARTS) is 6. The number of nitro benzene ring substituents is 10. The third-order valence-corrected chi connectivity index (χ3v) is 13.8. The van der Waals surface area contributed by atoms with Gasteiger partial charge >= 0.3 is 23.9 Å². The van der Waals surface area contributed by atoms with Gasteiger partial charge in [-0.2, -0.15) is 0 Å². The van der Waals surface area contributed by atoms with Crippen molar-refractivity contribution >= 4 is 138 Å². The van der Waals surface area contributed by atoms with Crippen LogP contribution in [0.3, 0.4) is 0 Å². The van der Waals surface area contributed by atoms with Crippen LogP contribution in [-0.4, -0.2) is 115 Å². The maximum absolute atomic E-state index is 11.3. The molecule has 56 heteroatoms. The maximum Gasteiger partial charge on any atom is 0.349 e. The number of hydrogen-bond donors (Lipinski definition) is 6. The minimum atomic E-state index is -1.85. The van der Waals surface area contributed by atoms with E-state index in [-0.39, 0.29) is 0 Å². The van der Waals surface area contributed by atoms with Gasteiger partial charge in [0.1, 0.15) is 34.2 Å². The predicted octanol–water partition coefficient (Wildman–Crippen LogP) is 4.76. The number of aromatic nitrogens is 2. The zero-order valence-electron chi connectivity index (χ0n) is 54.3. The molecule has 2 aliphatic rings. The van der Waals surface area contributed by atoms with Gasteiger partial charge < -0.3 is 61.3 Å². The molecule has 0 bridgehead atoms. The van der Waals surface area contributed by atoms with Gasteiger partial charge in [-0.05, 0) is 36.4 Å². The molecule has 2 aromatic heterocycles. The number of H-pyrrole nitrogens is 2. The number of pyridine rings is 2. The van der Waals surface area contributed by atoms with E-state index in [0.717, 1.165) is 121 Å². The quantitative estimate of drug-likeness (QED) is 0.0101. The number of nitrogens with one attached hydrogen (secondary N) is 4. The molecule has 0 radical (unpaired) electrons. The molecule has 8 aromatic rings. The zero-order chi connectivity index (χ0) is 84.4. The molecule has 2 aliphatic heterocycles. The van der Waals surface area contributed by atoms with Crippen LogP contribution in [-0.2, 0) is 33.0 Å². The standard InChI is InChI=1S/C14H14N4S2.2C7H4N2O7.4C7H4N2O6/c19-13(17-9-11-5-1-3-7-15-11)14(20)18-10-12-6-2-4-8-16-12;2*10-7(11)6-4(8(12)13)2-1-3-5(6)9(14)15-16-9;4*10-7(11)6-4(8(12)13)2-1-3-5(6)9(14)15/h1-8H,9-10H2,(H,17,19)(H,18,20);2*1-3H,(H,10,11);4*1-3H,(H,10,11). The number of quaternary nitrogens is 2. The average Bonchev–Trinajstić information content (AvgIpc) is 1.61. The minimum absolute atomic E-state index is 0.547. The Labute approximate surface area is 623 Å². The molecule has 54 nitrogen and oxygen atoms in total. The number of aromatic amines is 2. The van der Waals surface area contributed by atoms with Gasteiger partial charge in [0.2, 0.25) is 33.6 Å². The number of rotatable bonds is 22. The van der Waals surface area contributed by atoms with E-state index in [4.69, 9.17) is 44.9 Å². The van der Waals surface area contributed by atoms with E-state index < -0.39 is 197 Å². The lowest BCUT2D eigenvalue weighted by Gasteiger charge is -2.11. The van der Waals surface area contributed by atoms with Crippen LogP contribution in [0.4, 0.5) is 68.2 Å². The van der Waals surface area contributed by atoms with Crippen molar-refractivity contribution in [3.05, 3.63) is 314 Å². The fraction of sp³-hybridized carbons (Fsp3) is 0.0357. The van der Waals surface area contributed by atoms with E-state index in [0.29, 0.717) is 23.1 Å². The molecule has 0 spiro atoms. The summed E-state index contributed by atoms with van der Waals surface area (Å²) in [6, 6.07) is 29.5. The molecule has 0 unspecified atom stereocenters. The lowest BCUT2D eigenvalue weighted by atomic mass is 10.1. The van der Waals surface area contributed by atoms with Crippen molar-refractivity contribution in [2.75, 3.05) is 0 Å². The van der Waals surface area contributed by atoms with E-state index in [2.05, 4.69) is 40.6 Å². The van der Waals surface area contributed by atoms with Crippen LogP contribution >= 0.6 is 24.4 Å². The van der Waals surface area contributed by atoms with Crippen molar-refractivity contribution in [3.8, 4) is 0 Å². The summed E-state index contributed by atoms with van der Waals surface area (Å²) in [4.78, 5) is 178. The number of benzene rings is 6.